The number of aliphatic hydroxyl groups is 1. The quantitative estimate of drug-likeness (QED) is 0.690. The van der Waals surface area contributed by atoms with Crippen molar-refractivity contribution in [3.05, 3.63) is 52.9 Å². The molecule has 24 heavy (non-hydrogen) atoms. The van der Waals surface area contributed by atoms with E-state index in [4.69, 9.17) is 4.42 Å². The van der Waals surface area contributed by atoms with E-state index in [1.807, 2.05) is 19.9 Å². The summed E-state index contributed by atoms with van der Waals surface area (Å²) in [6.07, 6.45) is 2.25. The Morgan fingerprint density at radius 1 is 1.21 bits per heavy atom. The molecule has 2 N–H and O–H groups in total. The molecule has 0 aliphatic heterocycles. The van der Waals surface area contributed by atoms with E-state index in [1.54, 1.807) is 24.5 Å². The predicted octanol–water partition coefficient (Wildman–Crippen LogP) is 3.51. The Balaban J connectivity index is 2.26. The molecule has 5 nitrogen and oxygen atoms in total. The van der Waals surface area contributed by atoms with Gasteiger partial charge in [0.2, 0.25) is 10.0 Å². The fourth-order valence-corrected chi connectivity index (χ4v) is 4.15. The molecule has 7 heteroatoms. The molecule has 0 fully saturated rings. The van der Waals surface area contributed by atoms with Gasteiger partial charge in [-0.15, -0.1) is 0 Å². The Morgan fingerprint density at radius 2 is 1.88 bits per heavy atom. The average molecular weight is 416 g/mol. The van der Waals surface area contributed by atoms with Gasteiger partial charge >= 0.3 is 0 Å². The number of benzene rings is 1. The summed E-state index contributed by atoms with van der Waals surface area (Å²) in [6.45, 7) is 3.79. The maximum Gasteiger partial charge on any atom is 0.240 e. The summed E-state index contributed by atoms with van der Waals surface area (Å²) < 4.78 is 34.1. The zero-order valence-electron chi connectivity index (χ0n) is 13.6. The van der Waals surface area contributed by atoms with E-state index in [9.17, 15) is 13.5 Å². The number of aliphatic hydroxyl groups excluding tert-OH is 1. The van der Waals surface area contributed by atoms with Gasteiger partial charge in [0.1, 0.15) is 5.76 Å². The van der Waals surface area contributed by atoms with Gasteiger partial charge in [-0.2, -0.15) is 0 Å². The zero-order chi connectivity index (χ0) is 17.7. The highest BCUT2D eigenvalue weighted by atomic mass is 79.9. The minimum Gasteiger partial charge on any atom is -0.469 e. The highest BCUT2D eigenvalue weighted by Crippen LogP contribution is 2.29. The Kier molecular flexibility index (Phi) is 6.62. The summed E-state index contributed by atoms with van der Waals surface area (Å²) in [5.74, 6) is 0.753. The van der Waals surface area contributed by atoms with Crippen molar-refractivity contribution in [2.45, 2.75) is 37.1 Å². The van der Waals surface area contributed by atoms with E-state index in [0.717, 1.165) is 4.47 Å². The molecule has 0 bridgehead atoms. The third-order valence-corrected chi connectivity index (χ3v) is 5.78. The fourth-order valence-electron chi connectivity index (χ4n) is 2.62. The van der Waals surface area contributed by atoms with E-state index in [-0.39, 0.29) is 17.4 Å². The summed E-state index contributed by atoms with van der Waals surface area (Å²) in [6, 6.07) is 9.29. The summed E-state index contributed by atoms with van der Waals surface area (Å²) >= 11 is 3.29. The molecule has 0 spiro atoms. The second-order valence-electron chi connectivity index (χ2n) is 6.12. The Bertz CT molecular complexity index is 726. The van der Waals surface area contributed by atoms with Gasteiger partial charge in [-0.1, -0.05) is 29.8 Å². The summed E-state index contributed by atoms with van der Waals surface area (Å²) in [5.41, 5.74) is 0. The van der Waals surface area contributed by atoms with Crippen LogP contribution >= 0.6 is 15.9 Å². The number of sulfonamides is 1. The van der Waals surface area contributed by atoms with Gasteiger partial charge in [-0.3, -0.25) is 0 Å². The molecule has 0 aliphatic carbocycles. The first-order chi connectivity index (χ1) is 11.3. The number of hydrogen-bond acceptors (Lipinski definition) is 4. The number of furan rings is 1. The number of hydrogen-bond donors (Lipinski definition) is 2. The second kappa shape index (κ2) is 8.29. The van der Waals surface area contributed by atoms with E-state index in [2.05, 4.69) is 20.7 Å². The van der Waals surface area contributed by atoms with Gasteiger partial charge in [-0.25, -0.2) is 13.1 Å². The zero-order valence-corrected chi connectivity index (χ0v) is 16.0. The molecule has 0 aliphatic rings. The monoisotopic (exact) mass is 415 g/mol. The standard InChI is InChI=1S/C17H22BrNO4S/c1-12(2)10-15(17-4-3-9-23-17)16(11-20)19-24(21,22)14-7-5-13(18)6-8-14/h3-9,12,15-16,19-20H,10-11H2,1-2H3/t15-,16-/m1/s1. The van der Waals surface area contributed by atoms with Crippen molar-refractivity contribution >= 4 is 26.0 Å². The lowest BCUT2D eigenvalue weighted by atomic mass is 9.89. The highest BCUT2D eigenvalue weighted by Gasteiger charge is 2.30. The van der Waals surface area contributed by atoms with Crippen molar-refractivity contribution in [1.82, 2.24) is 4.72 Å². The smallest absolute Gasteiger partial charge is 0.240 e. The first-order valence-corrected chi connectivity index (χ1v) is 10.0. The van der Waals surface area contributed by atoms with Crippen LogP contribution in [0.4, 0.5) is 0 Å². The summed E-state index contributed by atoms with van der Waals surface area (Å²) in [7, 11) is -3.73. The lowest BCUT2D eigenvalue weighted by Gasteiger charge is -2.26. The third-order valence-electron chi connectivity index (χ3n) is 3.75. The number of nitrogens with one attached hydrogen (secondary N) is 1. The molecule has 2 rings (SSSR count). The van der Waals surface area contributed by atoms with Crippen LogP contribution in [0.2, 0.25) is 0 Å². The third kappa shape index (κ3) is 4.92. The lowest BCUT2D eigenvalue weighted by Crippen LogP contribution is -2.42. The molecular formula is C17H22BrNO4S. The summed E-state index contributed by atoms with van der Waals surface area (Å²) in [5, 5.41) is 9.79. The highest BCUT2D eigenvalue weighted by molar-refractivity contribution is 9.10. The van der Waals surface area contributed by atoms with Crippen molar-refractivity contribution in [2.24, 2.45) is 5.92 Å². The van der Waals surface area contributed by atoms with Crippen LogP contribution in [0.25, 0.3) is 0 Å². The molecule has 1 heterocycles. The molecule has 1 aromatic carbocycles. The molecule has 1 aromatic heterocycles. The largest absolute Gasteiger partial charge is 0.469 e. The van der Waals surface area contributed by atoms with E-state index < -0.39 is 16.1 Å². The maximum atomic E-state index is 12.6. The maximum absolute atomic E-state index is 12.6. The second-order valence-corrected chi connectivity index (χ2v) is 8.75. The van der Waals surface area contributed by atoms with Crippen LogP contribution in [0.3, 0.4) is 0 Å². The van der Waals surface area contributed by atoms with Crippen molar-refractivity contribution in [3.8, 4) is 0 Å². The van der Waals surface area contributed by atoms with Crippen molar-refractivity contribution in [3.63, 3.8) is 0 Å². The van der Waals surface area contributed by atoms with Crippen molar-refractivity contribution < 1.29 is 17.9 Å². The van der Waals surface area contributed by atoms with Crippen LogP contribution in [0, 0.1) is 5.92 Å². The average Bonchev–Trinajstić information content (AvgIpc) is 3.05. The number of rotatable bonds is 8. The van der Waals surface area contributed by atoms with E-state index >= 15 is 0 Å². The molecule has 2 aromatic rings. The van der Waals surface area contributed by atoms with Crippen molar-refractivity contribution in [2.75, 3.05) is 6.61 Å². The molecule has 0 radical (unpaired) electrons. The SMILES string of the molecule is CC(C)C[C@@H](c1ccco1)[C@@H](CO)NS(=O)(=O)c1ccc(Br)cc1. The van der Waals surface area contributed by atoms with Crippen LogP contribution in [-0.4, -0.2) is 26.2 Å². The van der Waals surface area contributed by atoms with Crippen LogP contribution in [0.15, 0.2) is 56.4 Å². The summed E-state index contributed by atoms with van der Waals surface area (Å²) in [4.78, 5) is 0.159. The van der Waals surface area contributed by atoms with Crippen LogP contribution in [0.1, 0.15) is 31.9 Å². The van der Waals surface area contributed by atoms with Crippen LogP contribution in [0.5, 0.6) is 0 Å². The minimum atomic E-state index is -3.73. The first-order valence-electron chi connectivity index (χ1n) is 7.75. The number of halogens is 1. The molecule has 0 saturated heterocycles. The van der Waals surface area contributed by atoms with E-state index in [1.165, 1.54) is 12.1 Å². The van der Waals surface area contributed by atoms with Gasteiger partial charge in [0, 0.05) is 10.4 Å². The Hall–Kier alpha value is -1.15. The van der Waals surface area contributed by atoms with Gasteiger partial charge in [-0.05, 0) is 48.7 Å². The molecular weight excluding hydrogens is 394 g/mol. The molecule has 0 amide bonds. The van der Waals surface area contributed by atoms with Gasteiger partial charge < -0.3 is 9.52 Å². The first kappa shape index (κ1) is 19.2. The van der Waals surface area contributed by atoms with E-state index in [0.29, 0.717) is 18.1 Å². The Morgan fingerprint density at radius 3 is 2.38 bits per heavy atom. The molecule has 0 saturated carbocycles. The minimum absolute atomic E-state index is 0.159. The predicted molar refractivity (Wildman–Crippen MR) is 96.2 cm³/mol. The van der Waals surface area contributed by atoms with Gasteiger partial charge in [0.05, 0.1) is 23.8 Å². The lowest BCUT2D eigenvalue weighted by molar-refractivity contribution is 0.218. The van der Waals surface area contributed by atoms with Crippen molar-refractivity contribution in [1.29, 1.82) is 0 Å². The van der Waals surface area contributed by atoms with Gasteiger partial charge in [0.25, 0.3) is 0 Å². The molecule has 0 unspecified atom stereocenters. The van der Waals surface area contributed by atoms with Gasteiger partial charge in [0.15, 0.2) is 0 Å². The topological polar surface area (TPSA) is 79.5 Å². The Labute approximate surface area is 151 Å². The normalized spacial score (nSPS) is 14.7. The molecule has 2 atom stereocenters. The van der Waals surface area contributed by atoms with Crippen LogP contribution < -0.4 is 4.72 Å². The van der Waals surface area contributed by atoms with Crippen LogP contribution in [-0.2, 0) is 10.0 Å². The fraction of sp³-hybridized carbons (Fsp3) is 0.412. The molecule has 132 valence electrons.